The van der Waals surface area contributed by atoms with Crippen LogP contribution >= 0.6 is 0 Å². The molecule has 0 aliphatic heterocycles. The number of benzene rings is 2. The number of hydrogen-bond donors (Lipinski definition) is 2. The summed E-state index contributed by atoms with van der Waals surface area (Å²) in [5.41, 5.74) is 2.42. The lowest BCUT2D eigenvalue weighted by Crippen LogP contribution is -2.14. The predicted molar refractivity (Wildman–Crippen MR) is 103 cm³/mol. The van der Waals surface area contributed by atoms with Crippen LogP contribution in [0.3, 0.4) is 0 Å². The van der Waals surface area contributed by atoms with Gasteiger partial charge in [0.2, 0.25) is 0 Å². The van der Waals surface area contributed by atoms with Crippen LogP contribution in [0.4, 0.5) is 5.82 Å². The Kier molecular flexibility index (Phi) is 4.92. The fourth-order valence-corrected chi connectivity index (χ4v) is 3.56. The van der Waals surface area contributed by atoms with E-state index < -0.39 is 10.0 Å². The lowest BCUT2D eigenvalue weighted by Gasteiger charge is -2.11. The van der Waals surface area contributed by atoms with Crippen LogP contribution in [-0.4, -0.2) is 18.5 Å². The van der Waals surface area contributed by atoms with Gasteiger partial charge in [0, 0.05) is 0 Å². The van der Waals surface area contributed by atoms with Gasteiger partial charge in [-0.15, -0.1) is 0 Å². The molecule has 6 nitrogen and oxygen atoms in total. The quantitative estimate of drug-likeness (QED) is 0.704. The van der Waals surface area contributed by atoms with Gasteiger partial charge in [0.15, 0.2) is 0 Å². The van der Waals surface area contributed by atoms with Gasteiger partial charge in [0.25, 0.3) is 10.0 Å². The Morgan fingerprint density at radius 2 is 1.78 bits per heavy atom. The Labute approximate surface area is 157 Å². The minimum Gasteiger partial charge on any atom is -0.506 e. The van der Waals surface area contributed by atoms with E-state index in [1.165, 1.54) is 24.3 Å². The average Bonchev–Trinajstić information content (AvgIpc) is 2.67. The van der Waals surface area contributed by atoms with E-state index in [-0.39, 0.29) is 16.5 Å². The number of sulfonamides is 1. The number of aromatic hydroxyl groups is 1. The number of phenols is 1. The molecule has 0 fully saturated rings. The summed E-state index contributed by atoms with van der Waals surface area (Å²) in [6.45, 7) is 3.59. The highest BCUT2D eigenvalue weighted by atomic mass is 32.2. The smallest absolute Gasteiger partial charge is 0.266 e. The van der Waals surface area contributed by atoms with Gasteiger partial charge in [-0.25, -0.2) is 13.4 Å². The molecule has 7 heteroatoms. The maximum absolute atomic E-state index is 12.6. The summed E-state index contributed by atoms with van der Waals surface area (Å²) >= 11 is 0. The fraction of sp³-hybridized carbons (Fsp3) is 0. The highest BCUT2D eigenvalue weighted by molar-refractivity contribution is 7.92. The van der Waals surface area contributed by atoms with Gasteiger partial charge in [0.05, 0.1) is 17.3 Å². The lowest BCUT2D eigenvalue weighted by molar-refractivity contribution is 0.459. The number of rotatable bonds is 5. The van der Waals surface area contributed by atoms with E-state index in [9.17, 15) is 13.5 Å². The third-order valence-corrected chi connectivity index (χ3v) is 5.22. The van der Waals surface area contributed by atoms with Crippen molar-refractivity contribution < 1.29 is 13.5 Å². The van der Waals surface area contributed by atoms with E-state index >= 15 is 0 Å². The first kappa shape index (κ1) is 18.2. The first-order valence-electron chi connectivity index (χ1n) is 7.89. The van der Waals surface area contributed by atoms with Crippen molar-refractivity contribution in [1.82, 2.24) is 4.98 Å². The van der Waals surface area contributed by atoms with Gasteiger partial charge < -0.3 is 5.11 Å². The SMILES string of the molecule is C=Cc1cccc(NS(=O)(=O)c2ccc(-c3ccc(C#N)cc3)cc2O)n1. The summed E-state index contributed by atoms with van der Waals surface area (Å²) in [5, 5.41) is 19.1. The fourth-order valence-electron chi connectivity index (χ4n) is 2.48. The molecule has 2 aromatic carbocycles. The molecular formula is C20H15N3O3S. The molecule has 1 heterocycles. The lowest BCUT2D eigenvalue weighted by atomic mass is 10.0. The van der Waals surface area contributed by atoms with Crippen molar-refractivity contribution in [3.63, 3.8) is 0 Å². The molecule has 1 aromatic heterocycles. The third-order valence-electron chi connectivity index (χ3n) is 3.81. The molecule has 0 spiro atoms. The summed E-state index contributed by atoms with van der Waals surface area (Å²) < 4.78 is 27.5. The number of nitriles is 1. The largest absolute Gasteiger partial charge is 0.506 e. The summed E-state index contributed by atoms with van der Waals surface area (Å²) in [6.07, 6.45) is 1.50. The number of anilines is 1. The van der Waals surface area contributed by atoms with Crippen molar-refractivity contribution in [2.24, 2.45) is 0 Å². The highest BCUT2D eigenvalue weighted by Crippen LogP contribution is 2.30. The van der Waals surface area contributed by atoms with Crippen LogP contribution in [0, 0.1) is 11.3 Å². The number of nitrogens with one attached hydrogen (secondary N) is 1. The van der Waals surface area contributed by atoms with Gasteiger partial charge >= 0.3 is 0 Å². The van der Waals surface area contributed by atoms with E-state index in [1.807, 2.05) is 6.07 Å². The van der Waals surface area contributed by atoms with Gasteiger partial charge in [-0.3, -0.25) is 4.72 Å². The Hall–Kier alpha value is -3.63. The molecule has 0 unspecified atom stereocenters. The predicted octanol–water partition coefficient (Wildman–Crippen LogP) is 3.77. The number of nitrogens with zero attached hydrogens (tertiary/aromatic N) is 2. The Bertz CT molecular complexity index is 1150. The number of aromatic nitrogens is 1. The zero-order chi connectivity index (χ0) is 19.4. The van der Waals surface area contributed by atoms with E-state index in [2.05, 4.69) is 16.3 Å². The highest BCUT2D eigenvalue weighted by Gasteiger charge is 2.20. The molecule has 3 rings (SSSR count). The number of pyridine rings is 1. The van der Waals surface area contributed by atoms with E-state index in [1.54, 1.807) is 42.5 Å². The minimum absolute atomic E-state index is 0.128. The summed E-state index contributed by atoms with van der Waals surface area (Å²) in [5.74, 6) is -0.257. The van der Waals surface area contributed by atoms with Crippen LogP contribution in [-0.2, 0) is 10.0 Å². The molecule has 0 amide bonds. The van der Waals surface area contributed by atoms with Crippen LogP contribution in [0.15, 0.2) is 72.1 Å². The number of phenolic OH excluding ortho intramolecular Hbond substituents is 1. The van der Waals surface area contributed by atoms with Crippen molar-refractivity contribution in [2.45, 2.75) is 4.90 Å². The first-order chi connectivity index (χ1) is 12.9. The van der Waals surface area contributed by atoms with Crippen molar-refractivity contribution in [3.05, 3.63) is 78.5 Å². The van der Waals surface area contributed by atoms with E-state index in [0.717, 1.165) is 5.56 Å². The van der Waals surface area contributed by atoms with Gasteiger partial charge in [-0.2, -0.15) is 5.26 Å². The molecule has 0 radical (unpaired) electrons. The second-order valence-electron chi connectivity index (χ2n) is 5.63. The monoisotopic (exact) mass is 377 g/mol. The molecule has 27 heavy (non-hydrogen) atoms. The topological polar surface area (TPSA) is 103 Å². The molecule has 3 aromatic rings. The summed E-state index contributed by atoms with van der Waals surface area (Å²) in [6, 6.07) is 17.9. The van der Waals surface area contributed by atoms with Gasteiger partial charge in [-0.05, 0) is 53.6 Å². The second-order valence-corrected chi connectivity index (χ2v) is 7.28. The molecule has 0 saturated heterocycles. The van der Waals surface area contributed by atoms with Crippen LogP contribution in [0.25, 0.3) is 17.2 Å². The van der Waals surface area contributed by atoms with Crippen molar-refractivity contribution in [1.29, 1.82) is 5.26 Å². The maximum atomic E-state index is 12.6. The summed E-state index contributed by atoms with van der Waals surface area (Å²) in [7, 11) is -4.02. The number of hydrogen-bond acceptors (Lipinski definition) is 5. The van der Waals surface area contributed by atoms with E-state index in [0.29, 0.717) is 16.8 Å². The van der Waals surface area contributed by atoms with Crippen LogP contribution in [0.2, 0.25) is 0 Å². The molecule has 0 aliphatic rings. The molecule has 2 N–H and O–H groups in total. The maximum Gasteiger partial charge on any atom is 0.266 e. The van der Waals surface area contributed by atoms with Crippen LogP contribution < -0.4 is 4.72 Å². The zero-order valence-corrected chi connectivity index (χ0v) is 14.9. The standard InChI is InChI=1S/C20H15N3O3S/c1-2-17-4-3-5-20(22-17)23-27(25,26)19-11-10-16(12-18(19)24)15-8-6-14(13-21)7-9-15/h2-12,24H,1H2,(H,22,23). The molecule has 0 aliphatic carbocycles. The molecule has 0 atom stereocenters. The van der Waals surface area contributed by atoms with Crippen LogP contribution in [0.1, 0.15) is 11.3 Å². The molecule has 0 saturated carbocycles. The van der Waals surface area contributed by atoms with Crippen molar-refractivity contribution in [2.75, 3.05) is 4.72 Å². The van der Waals surface area contributed by atoms with Crippen LogP contribution in [0.5, 0.6) is 5.75 Å². The van der Waals surface area contributed by atoms with Gasteiger partial charge in [-0.1, -0.05) is 30.8 Å². The third kappa shape index (κ3) is 3.97. The normalized spacial score (nSPS) is 10.8. The molecular weight excluding hydrogens is 362 g/mol. The minimum atomic E-state index is -4.02. The Morgan fingerprint density at radius 1 is 1.07 bits per heavy atom. The van der Waals surface area contributed by atoms with Gasteiger partial charge in [0.1, 0.15) is 16.5 Å². The zero-order valence-electron chi connectivity index (χ0n) is 14.1. The van der Waals surface area contributed by atoms with Crippen molar-refractivity contribution >= 4 is 21.9 Å². The molecule has 0 bridgehead atoms. The average molecular weight is 377 g/mol. The van der Waals surface area contributed by atoms with Crippen molar-refractivity contribution in [3.8, 4) is 22.9 Å². The Balaban J connectivity index is 1.91. The second kappa shape index (κ2) is 7.32. The first-order valence-corrected chi connectivity index (χ1v) is 9.37. The Morgan fingerprint density at radius 3 is 2.41 bits per heavy atom. The summed E-state index contributed by atoms with van der Waals surface area (Å²) in [4.78, 5) is 3.84. The van der Waals surface area contributed by atoms with E-state index in [4.69, 9.17) is 5.26 Å². The molecule has 134 valence electrons.